The lowest BCUT2D eigenvalue weighted by Gasteiger charge is -2.25. The lowest BCUT2D eigenvalue weighted by Crippen LogP contribution is -2.41. The summed E-state index contributed by atoms with van der Waals surface area (Å²) in [6.07, 6.45) is 0. The van der Waals surface area contributed by atoms with Crippen molar-refractivity contribution >= 4 is 23.2 Å². The van der Waals surface area contributed by atoms with E-state index in [2.05, 4.69) is 5.32 Å². The highest BCUT2D eigenvalue weighted by Gasteiger charge is 2.57. The molecule has 0 radical (unpaired) electrons. The Balaban J connectivity index is 1.77. The summed E-state index contributed by atoms with van der Waals surface area (Å²) in [6, 6.07) is 9.13. The molecule has 0 bridgehead atoms. The zero-order valence-electron chi connectivity index (χ0n) is 15.0. The van der Waals surface area contributed by atoms with Gasteiger partial charge in [0.15, 0.2) is 11.5 Å². The fourth-order valence-corrected chi connectivity index (χ4v) is 4.24. The topological polar surface area (TPSA) is 77.1 Å². The number of fused-ring (bicyclic) bond motifs is 5. The number of nitrogens with one attached hydrogen (secondary N) is 1. The minimum absolute atomic E-state index is 0.0919. The fourth-order valence-electron chi connectivity index (χ4n) is 4.24. The molecule has 7 nitrogen and oxygen atoms in total. The molecule has 1 spiro atoms. The Morgan fingerprint density at radius 1 is 1.11 bits per heavy atom. The molecule has 3 aliphatic heterocycles. The summed E-state index contributed by atoms with van der Waals surface area (Å²) >= 11 is 0. The number of likely N-dealkylation sites (N-methyl/N-ethyl adjacent to an activating group) is 1. The molecule has 1 unspecified atom stereocenters. The van der Waals surface area contributed by atoms with E-state index in [4.69, 9.17) is 14.2 Å². The van der Waals surface area contributed by atoms with Gasteiger partial charge in [-0.25, -0.2) is 0 Å². The summed E-state index contributed by atoms with van der Waals surface area (Å²) in [5, 5.41) is 2.86. The van der Waals surface area contributed by atoms with Gasteiger partial charge in [0.05, 0.1) is 5.69 Å². The Kier molecular flexibility index (Phi) is 3.19. The smallest absolute Gasteiger partial charge is 0.245 e. The molecular formula is C20H18N2O5. The number of carbonyl (C=O) groups is 2. The van der Waals surface area contributed by atoms with Crippen molar-refractivity contribution in [3.63, 3.8) is 0 Å². The first-order chi connectivity index (χ1) is 13.0. The van der Waals surface area contributed by atoms with E-state index in [0.717, 1.165) is 16.8 Å². The zero-order chi connectivity index (χ0) is 18.8. The van der Waals surface area contributed by atoms with Crippen LogP contribution in [-0.4, -0.2) is 38.7 Å². The van der Waals surface area contributed by atoms with Gasteiger partial charge in [0, 0.05) is 36.9 Å². The van der Waals surface area contributed by atoms with Crippen LogP contribution in [0.2, 0.25) is 0 Å². The summed E-state index contributed by atoms with van der Waals surface area (Å²) in [4.78, 5) is 26.8. The number of ether oxygens (including phenoxy) is 3. The van der Waals surface area contributed by atoms with Crippen LogP contribution < -0.4 is 24.4 Å². The normalized spacial score (nSPS) is 21.7. The van der Waals surface area contributed by atoms with Crippen LogP contribution in [0.25, 0.3) is 0 Å². The molecule has 27 heavy (non-hydrogen) atoms. The summed E-state index contributed by atoms with van der Waals surface area (Å²) in [7, 11) is 1.74. The molecule has 1 N–H and O–H groups in total. The highest BCUT2D eigenvalue weighted by atomic mass is 16.6. The number of carbonyl (C=O) groups excluding carboxylic acids is 2. The van der Waals surface area contributed by atoms with Crippen LogP contribution in [0.5, 0.6) is 17.2 Å². The minimum atomic E-state index is -1.02. The number of benzene rings is 2. The van der Waals surface area contributed by atoms with Gasteiger partial charge in [0.2, 0.25) is 11.8 Å². The average Bonchev–Trinajstić information content (AvgIpc) is 3.13. The minimum Gasteiger partial charge on any atom is -0.491 e. The molecule has 3 heterocycles. The third kappa shape index (κ3) is 2.02. The second-order valence-corrected chi connectivity index (χ2v) is 6.93. The summed E-state index contributed by atoms with van der Waals surface area (Å²) in [5.74, 6) is 1.54. The van der Waals surface area contributed by atoms with Crippen LogP contribution in [0.15, 0.2) is 30.3 Å². The molecule has 0 aliphatic carbocycles. The van der Waals surface area contributed by atoms with E-state index in [1.54, 1.807) is 18.0 Å². The fraction of sp³-hybridized carbons (Fsp3) is 0.300. The number of amides is 2. The van der Waals surface area contributed by atoms with E-state index < -0.39 is 5.41 Å². The second-order valence-electron chi connectivity index (χ2n) is 6.93. The van der Waals surface area contributed by atoms with Gasteiger partial charge in [-0.15, -0.1) is 0 Å². The molecule has 0 saturated carbocycles. The molecule has 0 saturated heterocycles. The first-order valence-corrected chi connectivity index (χ1v) is 8.78. The van der Waals surface area contributed by atoms with Crippen molar-refractivity contribution in [2.75, 3.05) is 37.1 Å². The molecule has 7 heteroatoms. The van der Waals surface area contributed by atoms with E-state index >= 15 is 0 Å². The third-order valence-corrected chi connectivity index (χ3v) is 5.36. The highest BCUT2D eigenvalue weighted by Crippen LogP contribution is 2.56. The van der Waals surface area contributed by atoms with Gasteiger partial charge < -0.3 is 24.4 Å². The Morgan fingerprint density at radius 2 is 1.85 bits per heavy atom. The summed E-state index contributed by atoms with van der Waals surface area (Å²) in [6.45, 7) is 2.56. The Hall–Kier alpha value is -3.22. The van der Waals surface area contributed by atoms with Gasteiger partial charge in [-0.05, 0) is 18.2 Å². The van der Waals surface area contributed by atoms with Crippen molar-refractivity contribution in [1.29, 1.82) is 0 Å². The molecule has 3 aliphatic rings. The molecule has 0 aromatic heterocycles. The standard InChI is InChI=1S/C20H18N2O5/c1-11(23)21-13-4-3-5-14-18(13)20(19(24)22(14)2)10-27-15-9-17-16(8-12(15)20)25-6-7-26-17/h3-5,8-9H,6-7,10H2,1-2H3,(H,21,23). The number of rotatable bonds is 1. The molecule has 0 fully saturated rings. The number of hydrogen-bond donors (Lipinski definition) is 1. The van der Waals surface area contributed by atoms with Crippen LogP contribution in [0, 0.1) is 0 Å². The van der Waals surface area contributed by atoms with Crippen molar-refractivity contribution in [2.45, 2.75) is 12.3 Å². The number of nitrogens with zero attached hydrogens (tertiary/aromatic N) is 1. The molecule has 2 aromatic rings. The van der Waals surface area contributed by atoms with E-state index in [9.17, 15) is 9.59 Å². The maximum Gasteiger partial charge on any atom is 0.245 e. The predicted molar refractivity (Wildman–Crippen MR) is 97.9 cm³/mol. The van der Waals surface area contributed by atoms with E-state index in [0.29, 0.717) is 36.1 Å². The highest BCUT2D eigenvalue weighted by molar-refractivity contribution is 6.13. The van der Waals surface area contributed by atoms with Crippen molar-refractivity contribution in [3.8, 4) is 17.2 Å². The van der Waals surface area contributed by atoms with Crippen LogP contribution in [-0.2, 0) is 15.0 Å². The van der Waals surface area contributed by atoms with Crippen molar-refractivity contribution in [1.82, 2.24) is 0 Å². The van der Waals surface area contributed by atoms with Crippen molar-refractivity contribution in [2.24, 2.45) is 0 Å². The SMILES string of the molecule is CC(=O)Nc1cccc2c1C1(COc3cc4c(cc31)OCCO4)C(=O)N2C. The number of hydrogen-bond acceptors (Lipinski definition) is 5. The first-order valence-electron chi connectivity index (χ1n) is 8.78. The van der Waals surface area contributed by atoms with Gasteiger partial charge in [0.1, 0.15) is 31.0 Å². The molecule has 138 valence electrons. The maximum absolute atomic E-state index is 13.4. The lowest BCUT2D eigenvalue weighted by molar-refractivity contribution is -0.122. The molecule has 1 atom stereocenters. The quantitative estimate of drug-likeness (QED) is 0.836. The Labute approximate surface area is 155 Å². The van der Waals surface area contributed by atoms with Gasteiger partial charge in [-0.2, -0.15) is 0 Å². The van der Waals surface area contributed by atoms with E-state index in [-0.39, 0.29) is 18.4 Å². The van der Waals surface area contributed by atoms with Crippen LogP contribution in [0.1, 0.15) is 18.1 Å². The molecule has 5 rings (SSSR count). The molecular weight excluding hydrogens is 348 g/mol. The molecule has 2 amide bonds. The predicted octanol–water partition coefficient (Wildman–Crippen LogP) is 2.07. The molecule has 2 aromatic carbocycles. The van der Waals surface area contributed by atoms with Crippen molar-refractivity contribution in [3.05, 3.63) is 41.5 Å². The summed E-state index contributed by atoms with van der Waals surface area (Å²) < 4.78 is 17.3. The zero-order valence-corrected chi connectivity index (χ0v) is 15.0. The van der Waals surface area contributed by atoms with E-state index in [1.165, 1.54) is 6.92 Å². The van der Waals surface area contributed by atoms with E-state index in [1.807, 2.05) is 24.3 Å². The largest absolute Gasteiger partial charge is 0.491 e. The van der Waals surface area contributed by atoms with Gasteiger partial charge >= 0.3 is 0 Å². The third-order valence-electron chi connectivity index (χ3n) is 5.36. The second kappa shape index (κ2) is 5.39. The Morgan fingerprint density at radius 3 is 2.59 bits per heavy atom. The monoisotopic (exact) mass is 366 g/mol. The van der Waals surface area contributed by atoms with Crippen molar-refractivity contribution < 1.29 is 23.8 Å². The number of anilines is 2. The lowest BCUT2D eigenvalue weighted by atomic mass is 9.76. The van der Waals surface area contributed by atoms with Gasteiger partial charge in [0.25, 0.3) is 0 Å². The van der Waals surface area contributed by atoms with Crippen LogP contribution in [0.4, 0.5) is 11.4 Å². The maximum atomic E-state index is 13.4. The van der Waals surface area contributed by atoms with Crippen LogP contribution in [0.3, 0.4) is 0 Å². The van der Waals surface area contributed by atoms with Crippen LogP contribution >= 0.6 is 0 Å². The summed E-state index contributed by atoms with van der Waals surface area (Å²) in [5.41, 5.74) is 1.85. The first kappa shape index (κ1) is 16.0. The van der Waals surface area contributed by atoms with Gasteiger partial charge in [-0.1, -0.05) is 6.07 Å². The average molecular weight is 366 g/mol. The van der Waals surface area contributed by atoms with Gasteiger partial charge in [-0.3, -0.25) is 9.59 Å². The Bertz CT molecular complexity index is 1000.